The number of carboxylic acid groups (broad SMARTS) is 1. The number of hydrogen-bond acceptors (Lipinski definition) is 3. The SMILES string of the molecule is Cc1nn(C)cc1CNc1cccc(Br)c1C(=O)O. The molecule has 0 aliphatic carbocycles. The fourth-order valence-corrected chi connectivity index (χ4v) is 2.44. The molecule has 2 rings (SSSR count). The summed E-state index contributed by atoms with van der Waals surface area (Å²) in [5.41, 5.74) is 2.80. The van der Waals surface area contributed by atoms with Gasteiger partial charge in [0.15, 0.2) is 0 Å². The van der Waals surface area contributed by atoms with Crippen LogP contribution in [0.3, 0.4) is 0 Å². The van der Waals surface area contributed by atoms with Gasteiger partial charge >= 0.3 is 5.97 Å². The fourth-order valence-electron chi connectivity index (χ4n) is 1.90. The molecule has 0 aliphatic rings. The van der Waals surface area contributed by atoms with Gasteiger partial charge in [-0.05, 0) is 35.0 Å². The summed E-state index contributed by atoms with van der Waals surface area (Å²) in [6.45, 7) is 2.46. The summed E-state index contributed by atoms with van der Waals surface area (Å²) in [4.78, 5) is 11.2. The molecule has 0 radical (unpaired) electrons. The molecule has 100 valence electrons. The highest BCUT2D eigenvalue weighted by atomic mass is 79.9. The zero-order valence-corrected chi connectivity index (χ0v) is 12.2. The molecule has 0 saturated carbocycles. The Bertz CT molecular complexity index is 622. The van der Waals surface area contributed by atoms with Crippen molar-refractivity contribution in [3.63, 3.8) is 0 Å². The van der Waals surface area contributed by atoms with Crippen LogP contribution in [0.15, 0.2) is 28.9 Å². The molecule has 1 aromatic heterocycles. The maximum absolute atomic E-state index is 11.2. The highest BCUT2D eigenvalue weighted by molar-refractivity contribution is 9.10. The average Bonchev–Trinajstić information content (AvgIpc) is 2.64. The van der Waals surface area contributed by atoms with E-state index in [0.717, 1.165) is 11.3 Å². The van der Waals surface area contributed by atoms with E-state index in [0.29, 0.717) is 16.7 Å². The summed E-state index contributed by atoms with van der Waals surface area (Å²) < 4.78 is 2.30. The van der Waals surface area contributed by atoms with Gasteiger partial charge in [-0.2, -0.15) is 5.10 Å². The fraction of sp³-hybridized carbons (Fsp3) is 0.231. The van der Waals surface area contributed by atoms with E-state index in [1.165, 1.54) is 0 Å². The van der Waals surface area contributed by atoms with Crippen molar-refractivity contribution in [3.05, 3.63) is 45.7 Å². The van der Waals surface area contributed by atoms with Crippen LogP contribution in [0.5, 0.6) is 0 Å². The Kier molecular flexibility index (Phi) is 3.90. The van der Waals surface area contributed by atoms with E-state index in [-0.39, 0.29) is 5.56 Å². The molecule has 1 aromatic carbocycles. The smallest absolute Gasteiger partial charge is 0.338 e. The summed E-state index contributed by atoms with van der Waals surface area (Å²) in [6, 6.07) is 5.26. The van der Waals surface area contributed by atoms with E-state index in [4.69, 9.17) is 0 Å². The van der Waals surface area contributed by atoms with E-state index < -0.39 is 5.97 Å². The highest BCUT2D eigenvalue weighted by Gasteiger charge is 2.14. The Labute approximate surface area is 119 Å². The van der Waals surface area contributed by atoms with Gasteiger partial charge in [-0.25, -0.2) is 4.79 Å². The van der Waals surface area contributed by atoms with Crippen molar-refractivity contribution in [2.24, 2.45) is 7.05 Å². The van der Waals surface area contributed by atoms with Crippen LogP contribution >= 0.6 is 15.9 Å². The number of rotatable bonds is 4. The number of anilines is 1. The minimum absolute atomic E-state index is 0.240. The Balaban J connectivity index is 2.22. The number of hydrogen-bond donors (Lipinski definition) is 2. The zero-order valence-electron chi connectivity index (χ0n) is 10.6. The molecular weight excluding hydrogens is 310 g/mol. The average molecular weight is 324 g/mol. The molecular formula is C13H14BrN3O2. The molecule has 0 bridgehead atoms. The normalized spacial score (nSPS) is 10.5. The van der Waals surface area contributed by atoms with Crippen LogP contribution in [-0.4, -0.2) is 20.9 Å². The largest absolute Gasteiger partial charge is 0.478 e. The van der Waals surface area contributed by atoms with E-state index in [9.17, 15) is 9.90 Å². The first-order valence-electron chi connectivity index (χ1n) is 5.74. The lowest BCUT2D eigenvalue weighted by atomic mass is 10.1. The van der Waals surface area contributed by atoms with Crippen LogP contribution in [0.4, 0.5) is 5.69 Å². The molecule has 0 spiro atoms. The molecule has 0 aliphatic heterocycles. The van der Waals surface area contributed by atoms with Crippen molar-refractivity contribution in [2.75, 3.05) is 5.32 Å². The first-order valence-corrected chi connectivity index (χ1v) is 6.53. The second-order valence-corrected chi connectivity index (χ2v) is 5.09. The van der Waals surface area contributed by atoms with Crippen molar-refractivity contribution in [1.82, 2.24) is 9.78 Å². The first kappa shape index (κ1) is 13.6. The minimum atomic E-state index is -0.960. The van der Waals surface area contributed by atoms with Gasteiger partial charge in [0, 0.05) is 29.8 Å². The summed E-state index contributed by atoms with van der Waals surface area (Å²) in [5, 5.41) is 16.6. The van der Waals surface area contributed by atoms with E-state index in [1.54, 1.807) is 22.9 Å². The Hall–Kier alpha value is -1.82. The van der Waals surface area contributed by atoms with Gasteiger partial charge in [-0.1, -0.05) is 6.07 Å². The van der Waals surface area contributed by atoms with Gasteiger partial charge in [0.25, 0.3) is 0 Å². The van der Waals surface area contributed by atoms with Crippen LogP contribution in [-0.2, 0) is 13.6 Å². The lowest BCUT2D eigenvalue weighted by molar-refractivity contribution is 0.0697. The number of benzene rings is 1. The van der Waals surface area contributed by atoms with Crippen LogP contribution in [0.25, 0.3) is 0 Å². The third-order valence-corrected chi connectivity index (χ3v) is 3.47. The Morgan fingerprint density at radius 3 is 2.84 bits per heavy atom. The summed E-state index contributed by atoms with van der Waals surface area (Å²) in [7, 11) is 1.86. The summed E-state index contributed by atoms with van der Waals surface area (Å²) >= 11 is 3.26. The molecule has 0 amide bonds. The second-order valence-electron chi connectivity index (χ2n) is 4.23. The lowest BCUT2D eigenvalue weighted by Crippen LogP contribution is -2.07. The van der Waals surface area contributed by atoms with Crippen LogP contribution in [0.2, 0.25) is 0 Å². The van der Waals surface area contributed by atoms with Crippen molar-refractivity contribution in [2.45, 2.75) is 13.5 Å². The van der Waals surface area contributed by atoms with Gasteiger partial charge < -0.3 is 10.4 Å². The van der Waals surface area contributed by atoms with Crippen LogP contribution in [0.1, 0.15) is 21.6 Å². The molecule has 0 atom stereocenters. The van der Waals surface area contributed by atoms with Gasteiger partial charge in [0.2, 0.25) is 0 Å². The standard InChI is InChI=1S/C13H14BrN3O2/c1-8-9(7-17(2)16-8)6-15-11-5-3-4-10(14)12(11)13(18)19/h3-5,7,15H,6H2,1-2H3,(H,18,19). The molecule has 2 N–H and O–H groups in total. The number of aryl methyl sites for hydroxylation is 2. The summed E-state index contributed by atoms with van der Waals surface area (Å²) in [5.74, 6) is -0.960. The minimum Gasteiger partial charge on any atom is -0.478 e. The maximum Gasteiger partial charge on any atom is 0.338 e. The van der Waals surface area contributed by atoms with Crippen LogP contribution in [0, 0.1) is 6.92 Å². The highest BCUT2D eigenvalue weighted by Crippen LogP contribution is 2.25. The second kappa shape index (κ2) is 5.44. The molecule has 19 heavy (non-hydrogen) atoms. The monoisotopic (exact) mass is 323 g/mol. The lowest BCUT2D eigenvalue weighted by Gasteiger charge is -2.10. The number of aromatic nitrogens is 2. The van der Waals surface area contributed by atoms with Crippen molar-refractivity contribution < 1.29 is 9.90 Å². The molecule has 2 aromatic rings. The van der Waals surface area contributed by atoms with E-state index >= 15 is 0 Å². The third-order valence-electron chi connectivity index (χ3n) is 2.81. The van der Waals surface area contributed by atoms with Gasteiger partial charge in [0.05, 0.1) is 16.9 Å². The Morgan fingerprint density at radius 1 is 1.53 bits per heavy atom. The molecule has 0 unspecified atom stereocenters. The molecule has 0 fully saturated rings. The molecule has 6 heteroatoms. The van der Waals surface area contributed by atoms with Crippen molar-refractivity contribution >= 4 is 27.6 Å². The zero-order chi connectivity index (χ0) is 14.0. The summed E-state index contributed by atoms with van der Waals surface area (Å²) in [6.07, 6.45) is 1.92. The van der Waals surface area contributed by atoms with Gasteiger partial charge in [-0.3, -0.25) is 4.68 Å². The molecule has 5 nitrogen and oxygen atoms in total. The van der Waals surface area contributed by atoms with Crippen molar-refractivity contribution in [1.29, 1.82) is 0 Å². The number of halogens is 1. The number of nitrogens with zero attached hydrogens (tertiary/aromatic N) is 2. The first-order chi connectivity index (χ1) is 8.99. The predicted molar refractivity (Wildman–Crippen MR) is 76.4 cm³/mol. The number of nitrogens with one attached hydrogen (secondary N) is 1. The molecule has 0 saturated heterocycles. The third kappa shape index (κ3) is 2.96. The Morgan fingerprint density at radius 2 is 2.26 bits per heavy atom. The number of carbonyl (C=O) groups is 1. The topological polar surface area (TPSA) is 67.2 Å². The maximum atomic E-state index is 11.2. The quantitative estimate of drug-likeness (QED) is 0.907. The van der Waals surface area contributed by atoms with E-state index in [1.807, 2.05) is 20.2 Å². The van der Waals surface area contributed by atoms with Crippen molar-refractivity contribution in [3.8, 4) is 0 Å². The molecule has 1 heterocycles. The van der Waals surface area contributed by atoms with Gasteiger partial charge in [-0.15, -0.1) is 0 Å². The predicted octanol–water partition coefficient (Wildman–Crippen LogP) is 2.80. The van der Waals surface area contributed by atoms with E-state index in [2.05, 4.69) is 26.3 Å². The van der Waals surface area contributed by atoms with Gasteiger partial charge in [0.1, 0.15) is 0 Å². The van der Waals surface area contributed by atoms with Crippen LogP contribution < -0.4 is 5.32 Å². The number of carboxylic acids is 1. The number of aromatic carboxylic acids is 1.